The number of aliphatic hydroxyl groups is 1. The molecule has 1 aliphatic rings. The van der Waals surface area contributed by atoms with Crippen LogP contribution in [0.15, 0.2) is 0 Å². The van der Waals surface area contributed by atoms with Crippen molar-refractivity contribution in [2.24, 2.45) is 11.8 Å². The fourth-order valence-electron chi connectivity index (χ4n) is 2.59. The van der Waals surface area contributed by atoms with E-state index in [0.29, 0.717) is 18.7 Å². The highest BCUT2D eigenvalue weighted by Crippen LogP contribution is 2.29. The molecule has 0 aliphatic heterocycles. The van der Waals surface area contributed by atoms with Crippen molar-refractivity contribution in [3.8, 4) is 0 Å². The first-order valence-corrected chi connectivity index (χ1v) is 6.54. The second-order valence-electron chi connectivity index (χ2n) is 5.25. The molecule has 0 saturated heterocycles. The normalized spacial score (nSPS) is 34.0. The van der Waals surface area contributed by atoms with Gasteiger partial charge < -0.3 is 10.4 Å². The molecule has 0 spiro atoms. The van der Waals surface area contributed by atoms with Crippen LogP contribution in [0.2, 0.25) is 0 Å². The zero-order chi connectivity index (χ0) is 11.3. The van der Waals surface area contributed by atoms with Crippen LogP contribution >= 0.6 is 0 Å². The summed E-state index contributed by atoms with van der Waals surface area (Å²) in [5, 5.41) is 12.6. The lowest BCUT2D eigenvalue weighted by Gasteiger charge is -2.34. The van der Waals surface area contributed by atoms with Gasteiger partial charge >= 0.3 is 0 Å². The van der Waals surface area contributed by atoms with E-state index >= 15 is 0 Å². The van der Waals surface area contributed by atoms with E-state index in [2.05, 4.69) is 26.1 Å². The lowest BCUT2D eigenvalue weighted by Crippen LogP contribution is -2.42. The molecule has 4 atom stereocenters. The van der Waals surface area contributed by atoms with Crippen LogP contribution in [-0.4, -0.2) is 23.8 Å². The molecular formula is C13H27NO. The molecule has 2 N–H and O–H groups in total. The molecule has 0 aromatic carbocycles. The molecular weight excluding hydrogens is 186 g/mol. The number of rotatable bonds is 5. The average Bonchev–Trinajstić information content (AvgIpc) is 2.23. The van der Waals surface area contributed by atoms with E-state index in [1.807, 2.05) is 0 Å². The Morgan fingerprint density at radius 3 is 2.53 bits per heavy atom. The van der Waals surface area contributed by atoms with Crippen molar-refractivity contribution >= 4 is 0 Å². The second-order valence-corrected chi connectivity index (χ2v) is 5.25. The van der Waals surface area contributed by atoms with Crippen molar-refractivity contribution in [2.45, 2.75) is 65.0 Å². The SMILES string of the molecule is CCC(CCO)NC1CCC(C)C(C)C1. The van der Waals surface area contributed by atoms with E-state index < -0.39 is 0 Å². The van der Waals surface area contributed by atoms with Gasteiger partial charge in [-0.3, -0.25) is 0 Å². The highest BCUT2D eigenvalue weighted by atomic mass is 16.3. The van der Waals surface area contributed by atoms with Crippen LogP contribution in [-0.2, 0) is 0 Å². The van der Waals surface area contributed by atoms with E-state index in [1.54, 1.807) is 0 Å². The molecule has 90 valence electrons. The molecule has 1 fully saturated rings. The van der Waals surface area contributed by atoms with Gasteiger partial charge in [0.25, 0.3) is 0 Å². The van der Waals surface area contributed by atoms with Crippen molar-refractivity contribution in [1.82, 2.24) is 5.32 Å². The zero-order valence-electron chi connectivity index (χ0n) is 10.5. The van der Waals surface area contributed by atoms with Gasteiger partial charge in [-0.2, -0.15) is 0 Å². The smallest absolute Gasteiger partial charge is 0.0445 e. The Balaban J connectivity index is 2.31. The molecule has 0 bridgehead atoms. The third-order valence-electron chi connectivity index (χ3n) is 4.04. The summed E-state index contributed by atoms with van der Waals surface area (Å²) in [6.07, 6.45) is 6.00. The van der Waals surface area contributed by atoms with Gasteiger partial charge in [-0.05, 0) is 43.9 Å². The molecule has 15 heavy (non-hydrogen) atoms. The van der Waals surface area contributed by atoms with Crippen molar-refractivity contribution < 1.29 is 5.11 Å². The number of hydrogen-bond acceptors (Lipinski definition) is 2. The number of nitrogens with one attached hydrogen (secondary N) is 1. The Labute approximate surface area is 94.5 Å². The van der Waals surface area contributed by atoms with Crippen LogP contribution in [0.4, 0.5) is 0 Å². The quantitative estimate of drug-likeness (QED) is 0.735. The van der Waals surface area contributed by atoms with E-state index in [4.69, 9.17) is 5.11 Å². The van der Waals surface area contributed by atoms with Gasteiger partial charge in [0, 0.05) is 18.7 Å². The molecule has 0 aromatic rings. The third kappa shape index (κ3) is 4.12. The maximum atomic E-state index is 8.95. The van der Waals surface area contributed by atoms with Crippen molar-refractivity contribution in [2.75, 3.05) is 6.61 Å². The molecule has 4 unspecified atom stereocenters. The largest absolute Gasteiger partial charge is 0.396 e. The molecule has 2 nitrogen and oxygen atoms in total. The summed E-state index contributed by atoms with van der Waals surface area (Å²) in [6.45, 7) is 7.24. The zero-order valence-corrected chi connectivity index (χ0v) is 10.5. The lowest BCUT2D eigenvalue weighted by atomic mass is 9.79. The predicted molar refractivity (Wildman–Crippen MR) is 64.9 cm³/mol. The molecule has 0 radical (unpaired) electrons. The Kier molecular flexibility index (Phi) is 5.62. The number of aliphatic hydroxyl groups excluding tert-OH is 1. The van der Waals surface area contributed by atoms with Gasteiger partial charge in [-0.1, -0.05) is 20.8 Å². The fourth-order valence-corrected chi connectivity index (χ4v) is 2.59. The van der Waals surface area contributed by atoms with Crippen LogP contribution < -0.4 is 5.32 Å². The van der Waals surface area contributed by atoms with E-state index in [9.17, 15) is 0 Å². The summed E-state index contributed by atoms with van der Waals surface area (Å²) >= 11 is 0. The summed E-state index contributed by atoms with van der Waals surface area (Å²) in [5.41, 5.74) is 0. The summed E-state index contributed by atoms with van der Waals surface area (Å²) in [5.74, 6) is 1.74. The predicted octanol–water partition coefficient (Wildman–Crippen LogP) is 2.56. The Hall–Kier alpha value is -0.0800. The van der Waals surface area contributed by atoms with Gasteiger partial charge in [0.1, 0.15) is 0 Å². The van der Waals surface area contributed by atoms with Gasteiger partial charge in [0.15, 0.2) is 0 Å². The summed E-state index contributed by atoms with van der Waals surface area (Å²) in [4.78, 5) is 0. The molecule has 1 saturated carbocycles. The van der Waals surface area contributed by atoms with Gasteiger partial charge in [-0.25, -0.2) is 0 Å². The second kappa shape index (κ2) is 6.49. The van der Waals surface area contributed by atoms with Crippen LogP contribution in [0.25, 0.3) is 0 Å². The Morgan fingerprint density at radius 2 is 2.00 bits per heavy atom. The molecule has 0 amide bonds. The van der Waals surface area contributed by atoms with Gasteiger partial charge in [-0.15, -0.1) is 0 Å². The highest BCUT2D eigenvalue weighted by molar-refractivity contribution is 4.82. The summed E-state index contributed by atoms with van der Waals surface area (Å²) in [6, 6.07) is 1.20. The van der Waals surface area contributed by atoms with Gasteiger partial charge in [0.2, 0.25) is 0 Å². The molecule has 0 aromatic heterocycles. The first-order chi connectivity index (χ1) is 7.17. The fraction of sp³-hybridized carbons (Fsp3) is 1.00. The minimum absolute atomic E-state index is 0.310. The van der Waals surface area contributed by atoms with Crippen LogP contribution in [0.1, 0.15) is 52.9 Å². The summed E-state index contributed by atoms with van der Waals surface area (Å²) < 4.78 is 0. The first-order valence-electron chi connectivity index (χ1n) is 6.54. The standard InChI is InChI=1S/C13H27NO/c1-4-12(7-8-15)14-13-6-5-10(2)11(3)9-13/h10-15H,4-9H2,1-3H3. The molecule has 1 aliphatic carbocycles. The third-order valence-corrected chi connectivity index (χ3v) is 4.04. The summed E-state index contributed by atoms with van der Waals surface area (Å²) in [7, 11) is 0. The van der Waals surface area contributed by atoms with E-state index in [-0.39, 0.29) is 0 Å². The monoisotopic (exact) mass is 213 g/mol. The van der Waals surface area contributed by atoms with Crippen LogP contribution in [0.3, 0.4) is 0 Å². The van der Waals surface area contributed by atoms with Gasteiger partial charge in [0.05, 0.1) is 0 Å². The van der Waals surface area contributed by atoms with Crippen LogP contribution in [0.5, 0.6) is 0 Å². The van der Waals surface area contributed by atoms with E-state index in [0.717, 1.165) is 24.7 Å². The topological polar surface area (TPSA) is 32.3 Å². The Morgan fingerprint density at radius 1 is 1.27 bits per heavy atom. The van der Waals surface area contributed by atoms with Crippen molar-refractivity contribution in [1.29, 1.82) is 0 Å². The first kappa shape index (κ1) is 13.0. The molecule has 1 rings (SSSR count). The molecule has 2 heteroatoms. The van der Waals surface area contributed by atoms with Crippen molar-refractivity contribution in [3.05, 3.63) is 0 Å². The average molecular weight is 213 g/mol. The maximum absolute atomic E-state index is 8.95. The van der Waals surface area contributed by atoms with Crippen LogP contribution in [0, 0.1) is 11.8 Å². The molecule has 0 heterocycles. The number of hydrogen-bond donors (Lipinski definition) is 2. The highest BCUT2D eigenvalue weighted by Gasteiger charge is 2.25. The Bertz CT molecular complexity index is 172. The lowest BCUT2D eigenvalue weighted by molar-refractivity contribution is 0.198. The minimum Gasteiger partial charge on any atom is -0.396 e. The van der Waals surface area contributed by atoms with E-state index in [1.165, 1.54) is 19.3 Å². The maximum Gasteiger partial charge on any atom is 0.0445 e. The minimum atomic E-state index is 0.310. The van der Waals surface area contributed by atoms with Crippen molar-refractivity contribution in [3.63, 3.8) is 0 Å².